The van der Waals surface area contributed by atoms with Crippen molar-refractivity contribution >= 4 is 11.8 Å². The second-order valence-corrected chi connectivity index (χ2v) is 9.60. The summed E-state index contributed by atoms with van der Waals surface area (Å²) in [6.45, 7) is 16.0. The van der Waals surface area contributed by atoms with E-state index in [2.05, 4.69) is 50.2 Å². The molecule has 2 amide bonds. The highest BCUT2D eigenvalue weighted by molar-refractivity contribution is 5.97. The van der Waals surface area contributed by atoms with Crippen molar-refractivity contribution in [2.75, 3.05) is 33.4 Å². The molecule has 0 fully saturated rings. The van der Waals surface area contributed by atoms with E-state index < -0.39 is 6.04 Å². The van der Waals surface area contributed by atoms with Crippen molar-refractivity contribution in [3.8, 4) is 11.5 Å². The second-order valence-electron chi connectivity index (χ2n) is 9.60. The predicted octanol–water partition coefficient (Wildman–Crippen LogP) is 4.15. The summed E-state index contributed by atoms with van der Waals surface area (Å²) < 4.78 is 11.4. The number of carbonyl (C=O) groups is 2. The van der Waals surface area contributed by atoms with Crippen LogP contribution < -0.4 is 20.1 Å². The van der Waals surface area contributed by atoms with Crippen LogP contribution in [0.5, 0.6) is 11.5 Å². The summed E-state index contributed by atoms with van der Waals surface area (Å²) in [5.41, 5.74) is 2.57. The Hall–Kier alpha value is -3.06. The third-order valence-electron chi connectivity index (χ3n) is 6.01. The first-order valence-electron chi connectivity index (χ1n) is 12.3. The lowest BCUT2D eigenvalue weighted by molar-refractivity contribution is -0.122. The Bertz CT molecular complexity index is 963. The van der Waals surface area contributed by atoms with Gasteiger partial charge in [-0.2, -0.15) is 0 Å². The van der Waals surface area contributed by atoms with Crippen LogP contribution in [0.2, 0.25) is 0 Å². The number of hydrogen-bond donors (Lipinski definition) is 2. The van der Waals surface area contributed by atoms with E-state index >= 15 is 0 Å². The van der Waals surface area contributed by atoms with Gasteiger partial charge in [-0.15, -0.1) is 0 Å². The van der Waals surface area contributed by atoms with E-state index in [4.69, 9.17) is 9.47 Å². The maximum atomic E-state index is 12.6. The zero-order chi connectivity index (χ0) is 26.0. The van der Waals surface area contributed by atoms with E-state index in [0.29, 0.717) is 30.2 Å². The number of carbonyl (C=O) groups excluding carboxylic acids is 2. The molecule has 2 aromatic carbocycles. The molecule has 0 aliphatic carbocycles. The van der Waals surface area contributed by atoms with Crippen molar-refractivity contribution in [2.45, 2.75) is 59.5 Å². The van der Waals surface area contributed by atoms with E-state index in [9.17, 15) is 9.59 Å². The first-order chi connectivity index (χ1) is 16.6. The van der Waals surface area contributed by atoms with Crippen molar-refractivity contribution in [1.82, 2.24) is 15.5 Å². The summed E-state index contributed by atoms with van der Waals surface area (Å²) in [5, 5.41) is 5.64. The monoisotopic (exact) mass is 483 g/mol. The highest BCUT2D eigenvalue weighted by Crippen LogP contribution is 2.28. The molecule has 1 unspecified atom stereocenters. The standard InChI is InChI=1S/C28H41N3O4/c1-8-31(9-2)16-17-35-24-15-10-21(18-25(24)34-7)19-29-26(32)20(3)30-27(33)22-11-13-23(14-12-22)28(4,5)6/h10-15,18,20H,8-9,16-17,19H2,1-7H3,(H,29,32)(H,30,33). The second kappa shape index (κ2) is 13.1. The largest absolute Gasteiger partial charge is 0.493 e. The van der Waals surface area contributed by atoms with Gasteiger partial charge in [0, 0.05) is 18.7 Å². The van der Waals surface area contributed by atoms with Gasteiger partial charge < -0.3 is 25.0 Å². The van der Waals surface area contributed by atoms with Gasteiger partial charge in [0.25, 0.3) is 5.91 Å². The van der Waals surface area contributed by atoms with Crippen molar-refractivity contribution < 1.29 is 19.1 Å². The van der Waals surface area contributed by atoms with Crippen molar-refractivity contribution in [3.05, 3.63) is 59.2 Å². The molecular formula is C28H41N3O4. The average Bonchev–Trinajstić information content (AvgIpc) is 2.84. The molecule has 0 aliphatic heterocycles. The summed E-state index contributed by atoms with van der Waals surface area (Å²) >= 11 is 0. The third-order valence-corrected chi connectivity index (χ3v) is 6.01. The molecule has 0 bridgehead atoms. The Kier molecular flexibility index (Phi) is 10.6. The molecule has 35 heavy (non-hydrogen) atoms. The quantitative estimate of drug-likeness (QED) is 0.474. The third kappa shape index (κ3) is 8.58. The molecule has 0 heterocycles. The molecule has 2 aromatic rings. The van der Waals surface area contributed by atoms with Crippen molar-refractivity contribution in [2.24, 2.45) is 0 Å². The fourth-order valence-corrected chi connectivity index (χ4v) is 3.58. The summed E-state index contributed by atoms with van der Waals surface area (Å²) in [5.74, 6) is 0.758. The highest BCUT2D eigenvalue weighted by Gasteiger charge is 2.18. The van der Waals surface area contributed by atoms with Gasteiger partial charge in [0.15, 0.2) is 11.5 Å². The first-order valence-corrected chi connectivity index (χ1v) is 12.3. The van der Waals surface area contributed by atoms with Crippen LogP contribution in [-0.2, 0) is 16.8 Å². The number of nitrogens with zero attached hydrogens (tertiary/aromatic N) is 1. The Labute approximate surface area is 210 Å². The highest BCUT2D eigenvalue weighted by atomic mass is 16.5. The van der Waals surface area contributed by atoms with Crippen LogP contribution in [0, 0.1) is 0 Å². The number of amides is 2. The molecule has 0 aliphatic rings. The Balaban J connectivity index is 1.88. The Morgan fingerprint density at radius 2 is 1.66 bits per heavy atom. The van der Waals surface area contributed by atoms with Crippen LogP contribution in [0.1, 0.15) is 63.0 Å². The van der Waals surface area contributed by atoms with Crippen molar-refractivity contribution in [1.29, 1.82) is 0 Å². The SMILES string of the molecule is CCN(CC)CCOc1ccc(CNC(=O)C(C)NC(=O)c2ccc(C(C)(C)C)cc2)cc1OC. The summed E-state index contributed by atoms with van der Waals surface area (Å²) in [4.78, 5) is 27.4. The minimum absolute atomic E-state index is 0.0144. The summed E-state index contributed by atoms with van der Waals surface area (Å²) in [6.07, 6.45) is 0. The van der Waals surface area contributed by atoms with Crippen LogP contribution in [-0.4, -0.2) is 56.1 Å². The zero-order valence-corrected chi connectivity index (χ0v) is 22.2. The van der Waals surface area contributed by atoms with Gasteiger partial charge in [0.2, 0.25) is 5.91 Å². The average molecular weight is 484 g/mol. The molecule has 2 N–H and O–H groups in total. The van der Waals surface area contributed by atoms with Gasteiger partial charge in [-0.05, 0) is 60.8 Å². The first kappa shape index (κ1) is 28.2. The molecular weight excluding hydrogens is 442 g/mol. The van der Waals surface area contributed by atoms with Gasteiger partial charge in [-0.1, -0.05) is 52.8 Å². The molecule has 0 spiro atoms. The van der Waals surface area contributed by atoms with Crippen LogP contribution in [0.4, 0.5) is 0 Å². The predicted molar refractivity (Wildman–Crippen MR) is 140 cm³/mol. The lowest BCUT2D eigenvalue weighted by Crippen LogP contribution is -2.44. The Morgan fingerprint density at radius 1 is 1.00 bits per heavy atom. The number of nitrogens with one attached hydrogen (secondary N) is 2. The van der Waals surface area contributed by atoms with E-state index in [1.807, 2.05) is 30.3 Å². The smallest absolute Gasteiger partial charge is 0.251 e. The number of likely N-dealkylation sites (N-methyl/N-ethyl adjacent to an activating group) is 1. The number of methoxy groups -OCH3 is 1. The van der Waals surface area contributed by atoms with Gasteiger partial charge in [-0.25, -0.2) is 0 Å². The summed E-state index contributed by atoms with van der Waals surface area (Å²) in [7, 11) is 1.60. The summed E-state index contributed by atoms with van der Waals surface area (Å²) in [6, 6.07) is 12.4. The van der Waals surface area contributed by atoms with E-state index in [1.165, 1.54) is 0 Å². The molecule has 0 saturated carbocycles. The topological polar surface area (TPSA) is 79.9 Å². The fourth-order valence-electron chi connectivity index (χ4n) is 3.58. The van der Waals surface area contributed by atoms with E-state index in [-0.39, 0.29) is 17.2 Å². The Morgan fingerprint density at radius 3 is 2.23 bits per heavy atom. The maximum Gasteiger partial charge on any atom is 0.251 e. The number of ether oxygens (including phenoxy) is 2. The number of benzene rings is 2. The molecule has 0 radical (unpaired) electrons. The molecule has 0 aromatic heterocycles. The molecule has 7 heteroatoms. The van der Waals surface area contributed by atoms with E-state index in [0.717, 1.165) is 30.8 Å². The molecule has 1 atom stereocenters. The minimum Gasteiger partial charge on any atom is -0.493 e. The van der Waals surface area contributed by atoms with E-state index in [1.54, 1.807) is 26.2 Å². The van der Waals surface area contributed by atoms with Crippen LogP contribution in [0.25, 0.3) is 0 Å². The fraction of sp³-hybridized carbons (Fsp3) is 0.500. The van der Waals surface area contributed by atoms with Gasteiger partial charge in [0.05, 0.1) is 7.11 Å². The molecule has 7 nitrogen and oxygen atoms in total. The van der Waals surface area contributed by atoms with Crippen LogP contribution >= 0.6 is 0 Å². The lowest BCUT2D eigenvalue weighted by Gasteiger charge is -2.19. The molecule has 192 valence electrons. The van der Waals surface area contributed by atoms with Gasteiger partial charge >= 0.3 is 0 Å². The minimum atomic E-state index is -0.672. The van der Waals surface area contributed by atoms with Crippen molar-refractivity contribution in [3.63, 3.8) is 0 Å². The normalized spacial score (nSPS) is 12.2. The van der Waals surface area contributed by atoms with Crippen LogP contribution in [0.3, 0.4) is 0 Å². The lowest BCUT2D eigenvalue weighted by atomic mass is 9.86. The molecule has 0 saturated heterocycles. The number of hydrogen-bond acceptors (Lipinski definition) is 5. The zero-order valence-electron chi connectivity index (χ0n) is 22.2. The maximum absolute atomic E-state index is 12.6. The van der Waals surface area contributed by atoms with Gasteiger partial charge in [-0.3, -0.25) is 9.59 Å². The van der Waals surface area contributed by atoms with Crippen LogP contribution in [0.15, 0.2) is 42.5 Å². The van der Waals surface area contributed by atoms with Gasteiger partial charge in [0.1, 0.15) is 12.6 Å². The molecule has 2 rings (SSSR count). The number of rotatable bonds is 12.